The van der Waals surface area contributed by atoms with Crippen LogP contribution in [0.3, 0.4) is 0 Å². The Balaban J connectivity index is 1.76. The summed E-state index contributed by atoms with van der Waals surface area (Å²) in [6.45, 7) is 0. The van der Waals surface area contributed by atoms with Crippen molar-refractivity contribution >= 4 is 23.2 Å². The third-order valence-corrected chi connectivity index (χ3v) is 3.66. The van der Waals surface area contributed by atoms with Gasteiger partial charge in [0.05, 0.1) is 22.4 Å². The lowest BCUT2D eigenvalue weighted by atomic mass is 10.1. The minimum absolute atomic E-state index is 0.162. The van der Waals surface area contributed by atoms with Gasteiger partial charge in [-0.3, -0.25) is 14.6 Å². The number of hydrogen-bond donors (Lipinski definition) is 2. The van der Waals surface area contributed by atoms with Gasteiger partial charge in [-0.25, -0.2) is 4.39 Å². The van der Waals surface area contributed by atoms with Crippen molar-refractivity contribution in [2.24, 2.45) is 0 Å². The van der Waals surface area contributed by atoms with Crippen LogP contribution in [0.2, 0.25) is 0 Å². The first kappa shape index (κ1) is 17.8. The molecule has 1 heterocycles. The minimum atomic E-state index is -0.498. The Morgan fingerprint density at radius 1 is 0.926 bits per heavy atom. The number of nitrogens with zero attached hydrogens (tertiary/aromatic N) is 2. The third-order valence-electron chi connectivity index (χ3n) is 3.66. The highest BCUT2D eigenvalue weighted by molar-refractivity contribution is 6.08. The Morgan fingerprint density at radius 2 is 1.56 bits per heavy atom. The molecular formula is C20H13FN4O2. The van der Waals surface area contributed by atoms with Gasteiger partial charge < -0.3 is 10.6 Å². The van der Waals surface area contributed by atoms with E-state index in [0.717, 1.165) is 0 Å². The van der Waals surface area contributed by atoms with E-state index in [0.29, 0.717) is 16.9 Å². The van der Waals surface area contributed by atoms with Gasteiger partial charge in [0.2, 0.25) is 0 Å². The zero-order valence-corrected chi connectivity index (χ0v) is 13.9. The molecule has 132 valence electrons. The van der Waals surface area contributed by atoms with Crippen LogP contribution in [-0.2, 0) is 0 Å². The molecule has 0 unspecified atom stereocenters. The Morgan fingerprint density at radius 3 is 2.22 bits per heavy atom. The van der Waals surface area contributed by atoms with Crippen LogP contribution in [-0.4, -0.2) is 16.8 Å². The second-order valence-corrected chi connectivity index (χ2v) is 5.53. The number of halogens is 1. The molecule has 2 N–H and O–H groups in total. The van der Waals surface area contributed by atoms with Crippen LogP contribution < -0.4 is 10.6 Å². The minimum Gasteiger partial charge on any atom is -0.322 e. The molecule has 0 radical (unpaired) electrons. The van der Waals surface area contributed by atoms with E-state index in [9.17, 15) is 14.0 Å². The van der Waals surface area contributed by atoms with Gasteiger partial charge in [-0.1, -0.05) is 12.1 Å². The van der Waals surface area contributed by atoms with Gasteiger partial charge in [-0.15, -0.1) is 0 Å². The van der Waals surface area contributed by atoms with E-state index >= 15 is 0 Å². The first-order valence-electron chi connectivity index (χ1n) is 7.89. The smallest absolute Gasteiger partial charge is 0.257 e. The van der Waals surface area contributed by atoms with Crippen molar-refractivity contribution in [3.8, 4) is 6.07 Å². The third kappa shape index (κ3) is 4.32. The first-order chi connectivity index (χ1) is 13.1. The Bertz CT molecular complexity index is 1040. The molecule has 3 rings (SSSR count). The highest BCUT2D eigenvalue weighted by Crippen LogP contribution is 2.16. The number of carbonyl (C=O) groups excluding carboxylic acids is 2. The number of para-hydroxylation sites is 1. The summed E-state index contributed by atoms with van der Waals surface area (Å²) in [4.78, 5) is 28.7. The summed E-state index contributed by atoms with van der Waals surface area (Å²) in [6.07, 6.45) is 2.64. The van der Waals surface area contributed by atoms with Crippen molar-refractivity contribution in [2.75, 3.05) is 10.6 Å². The summed E-state index contributed by atoms with van der Waals surface area (Å²) in [5, 5.41) is 14.3. The predicted molar refractivity (Wildman–Crippen MR) is 97.7 cm³/mol. The molecule has 27 heavy (non-hydrogen) atoms. The number of amides is 2. The maximum Gasteiger partial charge on any atom is 0.257 e. The predicted octanol–water partition coefficient (Wildman–Crippen LogP) is 3.60. The van der Waals surface area contributed by atoms with Gasteiger partial charge >= 0.3 is 0 Å². The summed E-state index contributed by atoms with van der Waals surface area (Å²) in [7, 11) is 0. The van der Waals surface area contributed by atoms with E-state index in [1.54, 1.807) is 24.3 Å². The molecule has 0 atom stereocenters. The lowest BCUT2D eigenvalue weighted by molar-refractivity contribution is 0.102. The molecule has 6 nitrogen and oxygen atoms in total. The number of nitriles is 1. The normalized spacial score (nSPS) is 9.93. The summed E-state index contributed by atoms with van der Waals surface area (Å²) in [6, 6.07) is 15.3. The SMILES string of the molecule is N#Cc1ccccc1NC(=O)c1cncc(C(=O)Nc2ccc(F)cc2)c1. The van der Waals surface area contributed by atoms with Crippen LogP contribution in [0, 0.1) is 17.1 Å². The van der Waals surface area contributed by atoms with Crippen LogP contribution in [0.4, 0.5) is 15.8 Å². The fraction of sp³-hybridized carbons (Fsp3) is 0. The molecule has 0 saturated carbocycles. The van der Waals surface area contributed by atoms with Gasteiger partial charge in [0.15, 0.2) is 0 Å². The van der Waals surface area contributed by atoms with Crippen molar-refractivity contribution in [3.63, 3.8) is 0 Å². The van der Waals surface area contributed by atoms with E-state index < -0.39 is 17.6 Å². The maximum absolute atomic E-state index is 12.9. The number of anilines is 2. The topological polar surface area (TPSA) is 94.9 Å². The Labute approximate surface area is 154 Å². The molecule has 0 fully saturated rings. The van der Waals surface area contributed by atoms with E-state index in [4.69, 9.17) is 5.26 Å². The quantitative estimate of drug-likeness (QED) is 0.743. The standard InChI is InChI=1S/C20H13FN4O2/c21-16-5-7-17(8-6-16)24-19(26)14-9-15(12-23-11-14)20(27)25-18-4-2-1-3-13(18)10-22/h1-9,11-12H,(H,24,26)(H,25,27). The molecule has 0 aliphatic heterocycles. The molecule has 0 aliphatic rings. The van der Waals surface area contributed by atoms with Crippen LogP contribution >= 0.6 is 0 Å². The highest BCUT2D eigenvalue weighted by Gasteiger charge is 2.13. The second-order valence-electron chi connectivity index (χ2n) is 5.53. The molecular weight excluding hydrogens is 347 g/mol. The van der Waals surface area contributed by atoms with Crippen molar-refractivity contribution in [3.05, 3.63) is 89.5 Å². The fourth-order valence-corrected chi connectivity index (χ4v) is 2.31. The number of nitrogens with one attached hydrogen (secondary N) is 2. The van der Waals surface area contributed by atoms with Crippen molar-refractivity contribution in [1.82, 2.24) is 4.98 Å². The van der Waals surface area contributed by atoms with Crippen molar-refractivity contribution < 1.29 is 14.0 Å². The summed E-state index contributed by atoms with van der Waals surface area (Å²) < 4.78 is 12.9. The average molecular weight is 360 g/mol. The number of benzene rings is 2. The first-order valence-corrected chi connectivity index (χ1v) is 7.89. The lowest BCUT2D eigenvalue weighted by Gasteiger charge is -2.08. The molecule has 0 bridgehead atoms. The van der Waals surface area contributed by atoms with Gasteiger partial charge in [-0.2, -0.15) is 5.26 Å². The van der Waals surface area contributed by atoms with Crippen molar-refractivity contribution in [1.29, 1.82) is 5.26 Å². The number of aromatic nitrogens is 1. The Kier molecular flexibility index (Phi) is 5.19. The summed E-state index contributed by atoms with van der Waals surface area (Å²) in [5.41, 5.74) is 1.43. The van der Waals surface area contributed by atoms with E-state index in [1.165, 1.54) is 42.7 Å². The Hall–Kier alpha value is -4.05. The zero-order valence-electron chi connectivity index (χ0n) is 13.9. The zero-order chi connectivity index (χ0) is 19.2. The van der Waals surface area contributed by atoms with Gasteiger partial charge in [0.25, 0.3) is 11.8 Å². The lowest BCUT2D eigenvalue weighted by Crippen LogP contribution is -2.16. The summed E-state index contributed by atoms with van der Waals surface area (Å²) >= 11 is 0. The molecule has 0 aliphatic carbocycles. The molecule has 2 aromatic carbocycles. The summed E-state index contributed by atoms with van der Waals surface area (Å²) in [5.74, 6) is -1.39. The second kappa shape index (κ2) is 7.89. The molecule has 1 aromatic heterocycles. The molecule has 3 aromatic rings. The molecule has 2 amide bonds. The molecule has 0 spiro atoms. The monoisotopic (exact) mass is 360 g/mol. The van der Waals surface area contributed by atoms with E-state index in [2.05, 4.69) is 15.6 Å². The maximum atomic E-state index is 12.9. The average Bonchev–Trinajstić information content (AvgIpc) is 2.70. The number of pyridine rings is 1. The van der Waals surface area contributed by atoms with E-state index in [1.807, 2.05) is 6.07 Å². The van der Waals surface area contributed by atoms with Crippen LogP contribution in [0.1, 0.15) is 26.3 Å². The largest absolute Gasteiger partial charge is 0.322 e. The fourth-order valence-electron chi connectivity index (χ4n) is 2.31. The van der Waals surface area contributed by atoms with Crippen LogP contribution in [0.15, 0.2) is 67.0 Å². The molecule has 0 saturated heterocycles. The number of carbonyl (C=O) groups is 2. The van der Waals surface area contributed by atoms with Crippen LogP contribution in [0.5, 0.6) is 0 Å². The van der Waals surface area contributed by atoms with Crippen LogP contribution in [0.25, 0.3) is 0 Å². The van der Waals surface area contributed by atoms with Gasteiger partial charge in [0, 0.05) is 18.1 Å². The molecule has 7 heteroatoms. The van der Waals surface area contributed by atoms with E-state index in [-0.39, 0.29) is 11.1 Å². The van der Waals surface area contributed by atoms with Crippen molar-refractivity contribution in [2.45, 2.75) is 0 Å². The van der Waals surface area contributed by atoms with Gasteiger partial charge in [-0.05, 0) is 42.5 Å². The number of hydrogen-bond acceptors (Lipinski definition) is 4. The highest BCUT2D eigenvalue weighted by atomic mass is 19.1. The van der Waals surface area contributed by atoms with Gasteiger partial charge in [0.1, 0.15) is 11.9 Å². The number of rotatable bonds is 4.